The third-order valence-corrected chi connectivity index (χ3v) is 5.18. The Morgan fingerprint density at radius 3 is 2.17 bits per heavy atom. The van der Waals surface area contributed by atoms with Crippen molar-refractivity contribution in [3.63, 3.8) is 0 Å². The number of hydrogen-bond acceptors (Lipinski definition) is 5. The lowest BCUT2D eigenvalue weighted by Gasteiger charge is -2.26. The van der Waals surface area contributed by atoms with Crippen LogP contribution in [0.3, 0.4) is 0 Å². The third kappa shape index (κ3) is 3.79. The molecule has 1 aliphatic heterocycles. The summed E-state index contributed by atoms with van der Waals surface area (Å²) in [6.07, 6.45) is 0. The fourth-order valence-electron chi connectivity index (χ4n) is 3.79. The lowest BCUT2D eigenvalue weighted by Crippen LogP contribution is -2.40. The van der Waals surface area contributed by atoms with Crippen LogP contribution < -0.4 is 9.75 Å². The highest BCUT2D eigenvalue weighted by Gasteiger charge is 2.45. The van der Waals surface area contributed by atoms with E-state index in [-0.39, 0.29) is 11.9 Å². The summed E-state index contributed by atoms with van der Waals surface area (Å²) in [6.45, 7) is 2.13. The van der Waals surface area contributed by atoms with Crippen LogP contribution >= 0.6 is 0 Å². The standard InChI is InChI=1S/C25H24N2O3/c1-3-30-25(28)24-22(18-14-16-21(29-2)17-15-18)23(19-10-6-4-7-11-19)26-27(24)20-12-8-5-9-13-20/h4-17,22,24H,3H2,1-2H3/t22-,24-/m0/s1. The molecule has 5 nitrogen and oxygen atoms in total. The second-order valence-electron chi connectivity index (χ2n) is 6.98. The van der Waals surface area contributed by atoms with Crippen molar-refractivity contribution in [2.24, 2.45) is 5.10 Å². The van der Waals surface area contributed by atoms with Gasteiger partial charge < -0.3 is 9.47 Å². The average Bonchev–Trinajstić information content (AvgIpc) is 3.21. The maximum atomic E-state index is 13.2. The summed E-state index contributed by atoms with van der Waals surface area (Å²) in [5.74, 6) is 0.192. The number of anilines is 1. The van der Waals surface area contributed by atoms with Crippen LogP contribution in [0.5, 0.6) is 5.75 Å². The van der Waals surface area contributed by atoms with Crippen LogP contribution in [-0.2, 0) is 9.53 Å². The fourth-order valence-corrected chi connectivity index (χ4v) is 3.79. The highest BCUT2D eigenvalue weighted by atomic mass is 16.5. The first-order chi connectivity index (χ1) is 14.7. The topological polar surface area (TPSA) is 51.1 Å². The van der Waals surface area contributed by atoms with Crippen LogP contribution in [0.2, 0.25) is 0 Å². The van der Waals surface area contributed by atoms with Gasteiger partial charge in [-0.3, -0.25) is 0 Å². The van der Waals surface area contributed by atoms with Crippen molar-refractivity contribution < 1.29 is 14.3 Å². The molecule has 4 rings (SSSR count). The summed E-state index contributed by atoms with van der Waals surface area (Å²) in [4.78, 5) is 13.2. The van der Waals surface area contributed by atoms with Gasteiger partial charge in [-0.2, -0.15) is 5.10 Å². The van der Waals surface area contributed by atoms with E-state index in [1.54, 1.807) is 12.1 Å². The van der Waals surface area contributed by atoms with Crippen LogP contribution in [0.25, 0.3) is 0 Å². The number of carbonyl (C=O) groups excluding carboxylic acids is 1. The van der Waals surface area contributed by atoms with E-state index in [0.717, 1.165) is 28.3 Å². The summed E-state index contributed by atoms with van der Waals surface area (Å²) in [5.41, 5.74) is 3.64. The smallest absolute Gasteiger partial charge is 0.332 e. The largest absolute Gasteiger partial charge is 0.497 e. The molecule has 30 heavy (non-hydrogen) atoms. The molecule has 3 aromatic rings. The Hall–Kier alpha value is -3.60. The number of esters is 1. The maximum absolute atomic E-state index is 13.2. The molecule has 152 valence electrons. The molecule has 0 fully saturated rings. The van der Waals surface area contributed by atoms with Gasteiger partial charge in [0.25, 0.3) is 0 Å². The molecule has 0 unspecified atom stereocenters. The van der Waals surface area contributed by atoms with Crippen molar-refractivity contribution in [2.45, 2.75) is 18.9 Å². The molecule has 3 aromatic carbocycles. The first-order valence-electron chi connectivity index (χ1n) is 10.0. The molecule has 0 saturated carbocycles. The lowest BCUT2D eigenvalue weighted by molar-refractivity contribution is -0.144. The number of rotatable bonds is 6. The van der Waals surface area contributed by atoms with Gasteiger partial charge in [-0.25, -0.2) is 9.80 Å². The van der Waals surface area contributed by atoms with E-state index >= 15 is 0 Å². The summed E-state index contributed by atoms with van der Waals surface area (Å²) < 4.78 is 10.8. The predicted octanol–water partition coefficient (Wildman–Crippen LogP) is 4.64. The zero-order valence-electron chi connectivity index (χ0n) is 17.1. The SMILES string of the molecule is CCOC(=O)[C@@H]1[C@@H](c2ccc(OC)cc2)C(c2ccccc2)=NN1c1ccccc1. The molecule has 0 bridgehead atoms. The molecule has 0 spiro atoms. The zero-order chi connectivity index (χ0) is 20.9. The van der Waals surface area contributed by atoms with Gasteiger partial charge in [-0.1, -0.05) is 60.7 Å². The summed E-state index contributed by atoms with van der Waals surface area (Å²) in [6, 6.07) is 26.9. The minimum absolute atomic E-state index is 0.280. The second-order valence-corrected chi connectivity index (χ2v) is 6.98. The molecule has 5 heteroatoms. The predicted molar refractivity (Wildman–Crippen MR) is 118 cm³/mol. The molecule has 2 atom stereocenters. The second kappa shape index (κ2) is 8.82. The van der Waals surface area contributed by atoms with Gasteiger partial charge in [0, 0.05) is 0 Å². The van der Waals surface area contributed by atoms with Crippen molar-refractivity contribution >= 4 is 17.4 Å². The molecular formula is C25H24N2O3. The number of nitrogens with zero attached hydrogens (tertiary/aromatic N) is 2. The Morgan fingerprint density at radius 1 is 0.933 bits per heavy atom. The maximum Gasteiger partial charge on any atom is 0.332 e. The number of para-hydroxylation sites is 1. The molecule has 1 heterocycles. The molecule has 1 aliphatic rings. The van der Waals surface area contributed by atoms with Crippen LogP contribution in [0.4, 0.5) is 5.69 Å². The van der Waals surface area contributed by atoms with Gasteiger partial charge in [0.05, 0.1) is 31.0 Å². The van der Waals surface area contributed by atoms with E-state index in [9.17, 15) is 4.79 Å². The summed E-state index contributed by atoms with van der Waals surface area (Å²) in [7, 11) is 1.64. The van der Waals surface area contributed by atoms with Gasteiger partial charge in [0.15, 0.2) is 6.04 Å². The lowest BCUT2D eigenvalue weighted by atomic mass is 9.85. The van der Waals surface area contributed by atoms with Crippen molar-refractivity contribution in [3.8, 4) is 5.75 Å². The van der Waals surface area contributed by atoms with Crippen LogP contribution in [-0.4, -0.2) is 31.4 Å². The van der Waals surface area contributed by atoms with Crippen molar-refractivity contribution in [3.05, 3.63) is 96.1 Å². The number of hydrogen-bond donors (Lipinski definition) is 0. The van der Waals surface area contributed by atoms with Gasteiger partial charge in [-0.05, 0) is 42.3 Å². The number of benzene rings is 3. The molecule has 0 aliphatic carbocycles. The molecule has 0 aromatic heterocycles. The van der Waals surface area contributed by atoms with Gasteiger partial charge >= 0.3 is 5.97 Å². The summed E-state index contributed by atoms with van der Waals surface area (Å²) in [5, 5.41) is 6.72. The van der Waals surface area contributed by atoms with E-state index < -0.39 is 6.04 Å². The molecular weight excluding hydrogens is 376 g/mol. The fraction of sp³-hybridized carbons (Fsp3) is 0.200. The van der Waals surface area contributed by atoms with E-state index in [1.165, 1.54) is 0 Å². The molecule has 0 radical (unpaired) electrons. The first-order valence-corrected chi connectivity index (χ1v) is 10.0. The minimum Gasteiger partial charge on any atom is -0.497 e. The first kappa shape index (κ1) is 19.7. The Bertz CT molecular complexity index is 1020. The minimum atomic E-state index is -0.601. The van der Waals surface area contributed by atoms with Gasteiger partial charge in [-0.15, -0.1) is 0 Å². The van der Waals surface area contributed by atoms with Gasteiger partial charge in [0.1, 0.15) is 5.75 Å². The van der Waals surface area contributed by atoms with E-state index in [2.05, 4.69) is 0 Å². The Balaban J connectivity index is 1.86. The number of carbonyl (C=O) groups is 1. The molecule has 0 saturated heterocycles. The van der Waals surface area contributed by atoms with Crippen LogP contribution in [0.1, 0.15) is 24.0 Å². The third-order valence-electron chi connectivity index (χ3n) is 5.18. The Kier molecular flexibility index (Phi) is 5.80. The molecule has 0 N–H and O–H groups in total. The van der Waals surface area contributed by atoms with E-state index in [4.69, 9.17) is 14.6 Å². The highest BCUT2D eigenvalue weighted by molar-refractivity contribution is 6.11. The quantitative estimate of drug-likeness (QED) is 0.566. The van der Waals surface area contributed by atoms with Crippen molar-refractivity contribution in [1.29, 1.82) is 0 Å². The molecule has 0 amide bonds. The average molecular weight is 400 g/mol. The Morgan fingerprint density at radius 2 is 1.57 bits per heavy atom. The van der Waals surface area contributed by atoms with Crippen molar-refractivity contribution in [2.75, 3.05) is 18.7 Å². The highest BCUT2D eigenvalue weighted by Crippen LogP contribution is 2.38. The van der Waals surface area contributed by atoms with Crippen LogP contribution in [0, 0.1) is 0 Å². The summed E-state index contributed by atoms with van der Waals surface area (Å²) >= 11 is 0. The van der Waals surface area contributed by atoms with Crippen LogP contribution in [0.15, 0.2) is 90.0 Å². The Labute approximate surface area is 176 Å². The number of hydrazone groups is 1. The monoisotopic (exact) mass is 400 g/mol. The van der Waals surface area contributed by atoms with Gasteiger partial charge in [0.2, 0.25) is 0 Å². The normalized spacial score (nSPS) is 18.1. The van der Waals surface area contributed by atoms with E-state index in [0.29, 0.717) is 6.61 Å². The zero-order valence-corrected chi connectivity index (χ0v) is 17.1. The number of ether oxygens (including phenoxy) is 2. The van der Waals surface area contributed by atoms with Crippen molar-refractivity contribution in [1.82, 2.24) is 0 Å². The number of methoxy groups -OCH3 is 1. The van der Waals surface area contributed by atoms with E-state index in [1.807, 2.05) is 91.9 Å².